The lowest BCUT2D eigenvalue weighted by Gasteiger charge is -2.36. The maximum absolute atomic E-state index is 13.0. The molecule has 1 saturated heterocycles. The number of ether oxygens (including phenoxy) is 3. The first-order chi connectivity index (χ1) is 18.2. The van der Waals surface area contributed by atoms with Crippen LogP contribution in [0.2, 0.25) is 0 Å². The molecule has 0 N–H and O–H groups in total. The number of carbonyl (C=O) groups excluding carboxylic acids is 3. The van der Waals surface area contributed by atoms with Gasteiger partial charge in [0.05, 0.1) is 16.5 Å². The molecule has 0 saturated carbocycles. The molecule has 1 fully saturated rings. The van der Waals surface area contributed by atoms with Gasteiger partial charge in [-0.2, -0.15) is 0 Å². The zero-order valence-electron chi connectivity index (χ0n) is 20.3. The molecule has 1 aliphatic rings. The highest BCUT2D eigenvalue weighted by Crippen LogP contribution is 2.29. The highest BCUT2D eigenvalue weighted by Gasteiger charge is 2.39. The van der Waals surface area contributed by atoms with Crippen molar-refractivity contribution in [3.8, 4) is 0 Å². The van der Waals surface area contributed by atoms with E-state index < -0.39 is 33.3 Å². The first-order valence-electron chi connectivity index (χ1n) is 11.6. The third kappa shape index (κ3) is 7.90. The molecule has 0 aromatic heterocycles. The first kappa shape index (κ1) is 28.4. The molecule has 0 spiro atoms. The first-order valence-corrected chi connectivity index (χ1v) is 12.5. The fraction of sp³-hybridized carbons (Fsp3) is 0.375. The number of thioether (sulfide) groups is 1. The average molecular weight is 548 g/mol. The maximum Gasteiger partial charge on any atom is 0.410 e. The van der Waals surface area contributed by atoms with Crippen molar-refractivity contribution in [2.45, 2.75) is 44.3 Å². The molecule has 2 aromatic rings. The third-order valence-corrected chi connectivity index (χ3v) is 6.64. The monoisotopic (exact) mass is 547 g/mol. The number of rotatable bonds is 9. The summed E-state index contributed by atoms with van der Waals surface area (Å²) in [6.07, 6.45) is -0.162. The maximum atomic E-state index is 13.0. The zero-order valence-corrected chi connectivity index (χ0v) is 21.2. The van der Waals surface area contributed by atoms with E-state index >= 15 is 0 Å². The quantitative estimate of drug-likeness (QED) is 0.186. The number of nitro benzene ring substituents is 2. The molecule has 3 rings (SSSR count). The van der Waals surface area contributed by atoms with Crippen LogP contribution in [0.15, 0.2) is 48.5 Å². The number of benzene rings is 2. The molecule has 2 atom stereocenters. The lowest BCUT2D eigenvalue weighted by molar-refractivity contribution is -0.385. The van der Waals surface area contributed by atoms with Gasteiger partial charge < -0.3 is 14.2 Å². The average Bonchev–Trinajstić information content (AvgIpc) is 2.90. The number of non-ortho nitro benzene ring substituents is 2. The van der Waals surface area contributed by atoms with E-state index in [-0.39, 0.29) is 49.4 Å². The summed E-state index contributed by atoms with van der Waals surface area (Å²) in [7, 11) is 0. The fourth-order valence-electron chi connectivity index (χ4n) is 3.67. The molecule has 0 radical (unpaired) electrons. The Morgan fingerprint density at radius 1 is 0.868 bits per heavy atom. The van der Waals surface area contributed by atoms with Gasteiger partial charge in [0.15, 0.2) is 0 Å². The summed E-state index contributed by atoms with van der Waals surface area (Å²) in [5.74, 6) is -0.685. The molecule has 13 nitrogen and oxygen atoms in total. The predicted octanol–water partition coefficient (Wildman–Crippen LogP) is 4.61. The van der Waals surface area contributed by atoms with E-state index in [1.165, 1.54) is 53.4 Å². The molecular weight excluding hydrogens is 522 g/mol. The van der Waals surface area contributed by atoms with E-state index in [2.05, 4.69) is 0 Å². The van der Waals surface area contributed by atoms with Gasteiger partial charge in [0.1, 0.15) is 19.3 Å². The summed E-state index contributed by atoms with van der Waals surface area (Å²) in [4.78, 5) is 59.6. The minimum atomic E-state index is -0.976. The van der Waals surface area contributed by atoms with Gasteiger partial charge in [-0.25, -0.2) is 14.4 Å². The second-order valence-electron chi connectivity index (χ2n) is 8.18. The van der Waals surface area contributed by atoms with Gasteiger partial charge in [0.25, 0.3) is 11.4 Å². The van der Waals surface area contributed by atoms with Gasteiger partial charge in [-0.15, -0.1) is 0 Å². The molecule has 2 aromatic carbocycles. The number of nitro groups is 2. The Labute approximate surface area is 221 Å². The van der Waals surface area contributed by atoms with Crippen molar-refractivity contribution < 1.29 is 38.4 Å². The normalized spacial score (nSPS) is 16.8. The Morgan fingerprint density at radius 2 is 1.39 bits per heavy atom. The second kappa shape index (κ2) is 13.4. The van der Waals surface area contributed by atoms with Crippen LogP contribution in [0.25, 0.3) is 0 Å². The summed E-state index contributed by atoms with van der Waals surface area (Å²) >= 11 is 0.931. The summed E-state index contributed by atoms with van der Waals surface area (Å²) in [6, 6.07) is 10.0. The largest absolute Gasteiger partial charge is 0.459 e. The number of nitrogens with zero attached hydrogens (tertiary/aromatic N) is 3. The minimum absolute atomic E-state index is 0.0277. The SMILES string of the molecule is CCOC(=O)S[C@H]1CC[C@@H](C(=O)OCc2ccc([N+](=O)[O-])cc2)N(C(=O)OCc2ccc([N+](=O)[O-])cc2)C1. The number of likely N-dealkylation sites (tertiary alicyclic amines) is 1. The number of piperidine rings is 1. The van der Waals surface area contributed by atoms with Gasteiger partial charge in [0, 0.05) is 36.1 Å². The van der Waals surface area contributed by atoms with E-state index in [1.54, 1.807) is 6.92 Å². The fourth-order valence-corrected chi connectivity index (χ4v) is 4.62. The molecular formula is C24H25N3O10S. The molecule has 14 heteroatoms. The van der Waals surface area contributed by atoms with E-state index in [1.807, 2.05) is 0 Å². The number of amides is 1. The molecule has 1 heterocycles. The van der Waals surface area contributed by atoms with Gasteiger partial charge in [-0.3, -0.25) is 25.1 Å². The van der Waals surface area contributed by atoms with E-state index in [0.717, 1.165) is 11.8 Å². The Morgan fingerprint density at radius 3 is 1.89 bits per heavy atom. The summed E-state index contributed by atoms with van der Waals surface area (Å²) in [5, 5.41) is 20.8. The second-order valence-corrected chi connectivity index (χ2v) is 9.41. The van der Waals surface area contributed by atoms with E-state index in [4.69, 9.17) is 14.2 Å². The van der Waals surface area contributed by atoms with Crippen LogP contribution < -0.4 is 0 Å². The van der Waals surface area contributed by atoms with Crippen molar-refractivity contribution in [3.05, 3.63) is 79.9 Å². The lowest BCUT2D eigenvalue weighted by Crippen LogP contribution is -2.52. The standard InChI is InChI=1S/C24H25N3O10S/c1-2-35-24(30)38-20-11-12-21(22(28)36-14-16-3-7-18(8-4-16)26(31)32)25(13-20)23(29)37-15-17-5-9-19(10-6-17)27(33)34/h3-10,20-21H,2,11-15H2,1H3/t20-,21-/m0/s1. The molecule has 1 amide bonds. The highest BCUT2D eigenvalue weighted by molar-refractivity contribution is 8.13. The van der Waals surface area contributed by atoms with Crippen molar-refractivity contribution in [1.29, 1.82) is 0 Å². The van der Waals surface area contributed by atoms with Crippen LogP contribution in [0.3, 0.4) is 0 Å². The summed E-state index contributed by atoms with van der Waals surface area (Å²) in [5.41, 5.74) is 0.837. The van der Waals surface area contributed by atoms with Crippen LogP contribution in [0.1, 0.15) is 30.9 Å². The molecule has 0 unspecified atom stereocenters. The topological polar surface area (TPSA) is 168 Å². The van der Waals surface area contributed by atoms with Crippen molar-refractivity contribution in [2.24, 2.45) is 0 Å². The zero-order chi connectivity index (χ0) is 27.7. The predicted molar refractivity (Wildman–Crippen MR) is 134 cm³/mol. The van der Waals surface area contributed by atoms with Crippen molar-refractivity contribution in [3.63, 3.8) is 0 Å². The van der Waals surface area contributed by atoms with Crippen LogP contribution in [0.4, 0.5) is 21.0 Å². The number of hydrogen-bond donors (Lipinski definition) is 0. The molecule has 202 valence electrons. The third-order valence-electron chi connectivity index (χ3n) is 5.61. The van der Waals surface area contributed by atoms with Gasteiger partial charge >= 0.3 is 17.4 Å². The van der Waals surface area contributed by atoms with E-state index in [0.29, 0.717) is 17.5 Å². The van der Waals surface area contributed by atoms with Crippen molar-refractivity contribution in [2.75, 3.05) is 13.2 Å². The van der Waals surface area contributed by atoms with Crippen molar-refractivity contribution in [1.82, 2.24) is 4.90 Å². The molecule has 1 aliphatic heterocycles. The molecule has 0 bridgehead atoms. The van der Waals surface area contributed by atoms with Crippen molar-refractivity contribution >= 4 is 40.5 Å². The lowest BCUT2D eigenvalue weighted by atomic mass is 10.0. The highest BCUT2D eigenvalue weighted by atomic mass is 32.2. The Kier molecular flexibility index (Phi) is 9.99. The Hall–Kier alpha value is -4.20. The summed E-state index contributed by atoms with van der Waals surface area (Å²) in [6.45, 7) is 1.57. The Balaban J connectivity index is 1.66. The number of esters is 1. The Bertz CT molecular complexity index is 1170. The van der Waals surface area contributed by atoms with Gasteiger partial charge in [-0.1, -0.05) is 0 Å². The summed E-state index contributed by atoms with van der Waals surface area (Å²) < 4.78 is 15.7. The van der Waals surface area contributed by atoms with Gasteiger partial charge in [0.2, 0.25) is 0 Å². The number of carbonyl (C=O) groups is 3. The molecule has 0 aliphatic carbocycles. The minimum Gasteiger partial charge on any atom is -0.459 e. The van der Waals surface area contributed by atoms with Crippen LogP contribution in [-0.4, -0.2) is 56.6 Å². The van der Waals surface area contributed by atoms with Crippen LogP contribution in [0.5, 0.6) is 0 Å². The van der Waals surface area contributed by atoms with Crippen LogP contribution in [0, 0.1) is 20.2 Å². The van der Waals surface area contributed by atoms with E-state index in [9.17, 15) is 34.6 Å². The van der Waals surface area contributed by atoms with Crippen LogP contribution >= 0.6 is 11.8 Å². The smallest absolute Gasteiger partial charge is 0.410 e. The van der Waals surface area contributed by atoms with Gasteiger partial charge in [-0.05, 0) is 66.9 Å². The molecule has 38 heavy (non-hydrogen) atoms. The van der Waals surface area contributed by atoms with Crippen LogP contribution in [-0.2, 0) is 32.2 Å². The number of hydrogen-bond acceptors (Lipinski definition) is 11.